The topological polar surface area (TPSA) is 95.9 Å². The highest BCUT2D eigenvalue weighted by Crippen LogP contribution is 2.00. The number of alkyl carbamates (subject to hydrolysis) is 1. The number of hydrogen-bond donors (Lipinski definition) is 3. The van der Waals surface area contributed by atoms with Gasteiger partial charge in [-0.1, -0.05) is 0 Å². The summed E-state index contributed by atoms with van der Waals surface area (Å²) >= 11 is 0. The number of amides is 1. The Morgan fingerprint density at radius 3 is 2.57 bits per heavy atom. The van der Waals surface area contributed by atoms with Gasteiger partial charge in [-0.05, 0) is 6.92 Å². The van der Waals surface area contributed by atoms with Crippen LogP contribution in [0.2, 0.25) is 0 Å². The van der Waals surface area contributed by atoms with Crippen molar-refractivity contribution in [3.63, 3.8) is 0 Å². The van der Waals surface area contributed by atoms with E-state index in [1.807, 2.05) is 0 Å². The monoisotopic (exact) mass is 205 g/mol. The van der Waals surface area contributed by atoms with E-state index in [0.29, 0.717) is 0 Å². The maximum atomic E-state index is 10.8. The fourth-order valence-corrected chi connectivity index (χ4v) is 0.858. The summed E-state index contributed by atoms with van der Waals surface area (Å²) in [6.45, 7) is 1.75. The number of nitrogens with one attached hydrogen (secondary N) is 1. The lowest BCUT2D eigenvalue weighted by Crippen LogP contribution is -2.32. The van der Waals surface area contributed by atoms with Crippen LogP contribution in [0.4, 0.5) is 4.79 Å². The van der Waals surface area contributed by atoms with E-state index in [0.717, 1.165) is 0 Å². The van der Waals surface area contributed by atoms with E-state index in [9.17, 15) is 9.59 Å². The van der Waals surface area contributed by atoms with Gasteiger partial charge in [-0.15, -0.1) is 0 Å². The van der Waals surface area contributed by atoms with Gasteiger partial charge in [0.25, 0.3) is 0 Å². The molecule has 0 aromatic carbocycles. The number of aliphatic carboxylic acids is 1. The Hall–Kier alpha value is -1.30. The maximum absolute atomic E-state index is 10.8. The summed E-state index contributed by atoms with van der Waals surface area (Å²) in [4.78, 5) is 21.1. The van der Waals surface area contributed by atoms with Crippen molar-refractivity contribution < 1.29 is 24.5 Å². The van der Waals surface area contributed by atoms with E-state index >= 15 is 0 Å². The number of carboxylic acids is 1. The maximum Gasteiger partial charge on any atom is 0.407 e. The minimum atomic E-state index is -1.00. The average Bonchev–Trinajstić information content (AvgIpc) is 2.12. The number of hydrogen-bond acceptors (Lipinski definition) is 4. The Morgan fingerprint density at radius 1 is 1.50 bits per heavy atom. The Labute approximate surface area is 81.9 Å². The van der Waals surface area contributed by atoms with Crippen molar-refractivity contribution in [3.05, 3.63) is 0 Å². The zero-order chi connectivity index (χ0) is 11.0. The van der Waals surface area contributed by atoms with Crippen molar-refractivity contribution in [2.75, 3.05) is 19.8 Å². The van der Waals surface area contributed by atoms with Crippen molar-refractivity contribution in [2.24, 2.45) is 5.92 Å². The molecular weight excluding hydrogens is 190 g/mol. The predicted octanol–water partition coefficient (Wildman–Crippen LogP) is -0.184. The SMILES string of the molecule is CCOC(=O)NCC(CO)CC(=O)O. The third kappa shape index (κ3) is 6.24. The van der Waals surface area contributed by atoms with Gasteiger partial charge in [-0.25, -0.2) is 4.79 Å². The Balaban J connectivity index is 3.71. The van der Waals surface area contributed by atoms with Gasteiger partial charge >= 0.3 is 12.1 Å². The molecule has 0 fully saturated rings. The molecule has 0 rings (SSSR count). The Morgan fingerprint density at radius 2 is 2.14 bits per heavy atom. The summed E-state index contributed by atoms with van der Waals surface area (Å²) in [5, 5.41) is 19.5. The lowest BCUT2D eigenvalue weighted by atomic mass is 10.1. The van der Waals surface area contributed by atoms with Gasteiger partial charge in [0.05, 0.1) is 13.0 Å². The van der Waals surface area contributed by atoms with Crippen molar-refractivity contribution in [3.8, 4) is 0 Å². The molecule has 0 radical (unpaired) electrons. The van der Waals surface area contributed by atoms with Gasteiger partial charge in [0.1, 0.15) is 0 Å². The van der Waals surface area contributed by atoms with Crippen LogP contribution in [-0.2, 0) is 9.53 Å². The smallest absolute Gasteiger partial charge is 0.407 e. The number of rotatable bonds is 6. The van der Waals surface area contributed by atoms with Crippen molar-refractivity contribution in [1.82, 2.24) is 5.32 Å². The highest BCUT2D eigenvalue weighted by molar-refractivity contribution is 5.68. The summed E-state index contributed by atoms with van der Waals surface area (Å²) < 4.78 is 4.56. The first-order chi connectivity index (χ1) is 6.60. The first kappa shape index (κ1) is 12.7. The van der Waals surface area contributed by atoms with Gasteiger partial charge in [0, 0.05) is 19.1 Å². The van der Waals surface area contributed by atoms with Crippen LogP contribution in [0.15, 0.2) is 0 Å². The molecule has 82 valence electrons. The molecule has 0 spiro atoms. The lowest BCUT2D eigenvalue weighted by Gasteiger charge is -2.12. The largest absolute Gasteiger partial charge is 0.481 e. The molecule has 14 heavy (non-hydrogen) atoms. The van der Waals surface area contributed by atoms with Crippen LogP contribution in [0.5, 0.6) is 0 Å². The number of aliphatic hydroxyl groups excluding tert-OH is 1. The molecule has 3 N–H and O–H groups in total. The van der Waals surface area contributed by atoms with Gasteiger partial charge in [0.2, 0.25) is 0 Å². The van der Waals surface area contributed by atoms with Gasteiger partial charge < -0.3 is 20.3 Å². The van der Waals surface area contributed by atoms with Crippen LogP contribution in [-0.4, -0.2) is 42.0 Å². The van der Waals surface area contributed by atoms with Crippen LogP contribution in [0.1, 0.15) is 13.3 Å². The van der Waals surface area contributed by atoms with Crippen LogP contribution in [0.25, 0.3) is 0 Å². The van der Waals surface area contributed by atoms with E-state index in [1.165, 1.54) is 0 Å². The quantitative estimate of drug-likeness (QED) is 0.558. The van der Waals surface area contributed by atoms with Crippen LogP contribution in [0.3, 0.4) is 0 Å². The van der Waals surface area contributed by atoms with Crippen LogP contribution in [0, 0.1) is 5.92 Å². The molecule has 6 nitrogen and oxygen atoms in total. The second kappa shape index (κ2) is 7.14. The summed E-state index contributed by atoms with van der Waals surface area (Å²) in [6, 6.07) is 0. The van der Waals surface area contributed by atoms with Crippen LogP contribution < -0.4 is 5.32 Å². The number of aliphatic hydroxyl groups is 1. The molecule has 0 saturated carbocycles. The molecule has 1 atom stereocenters. The van der Waals surface area contributed by atoms with E-state index < -0.39 is 18.0 Å². The summed E-state index contributed by atoms with van der Waals surface area (Å²) in [6.07, 6.45) is -0.778. The highest BCUT2D eigenvalue weighted by atomic mass is 16.5. The van der Waals surface area contributed by atoms with Gasteiger partial charge in [-0.2, -0.15) is 0 Å². The number of carbonyl (C=O) groups is 2. The molecule has 1 amide bonds. The third-order valence-corrected chi connectivity index (χ3v) is 1.53. The van der Waals surface area contributed by atoms with E-state index in [-0.39, 0.29) is 26.2 Å². The first-order valence-corrected chi connectivity index (χ1v) is 4.33. The molecule has 0 aromatic rings. The van der Waals surface area contributed by atoms with Crippen molar-refractivity contribution in [1.29, 1.82) is 0 Å². The molecule has 0 bridgehead atoms. The molecule has 0 aliphatic carbocycles. The number of carbonyl (C=O) groups excluding carboxylic acids is 1. The normalized spacial score (nSPS) is 11.9. The first-order valence-electron chi connectivity index (χ1n) is 4.33. The van der Waals surface area contributed by atoms with E-state index in [4.69, 9.17) is 10.2 Å². The molecule has 1 unspecified atom stereocenters. The number of carboxylic acid groups (broad SMARTS) is 1. The lowest BCUT2D eigenvalue weighted by molar-refractivity contribution is -0.138. The second-order valence-corrected chi connectivity index (χ2v) is 2.75. The zero-order valence-electron chi connectivity index (χ0n) is 8.02. The average molecular weight is 205 g/mol. The van der Waals surface area contributed by atoms with Crippen LogP contribution >= 0.6 is 0 Å². The number of ether oxygens (including phenoxy) is 1. The molecule has 6 heteroatoms. The molecular formula is C8H15NO5. The van der Waals surface area contributed by atoms with E-state index in [1.54, 1.807) is 6.92 Å². The molecule has 0 aliphatic heterocycles. The minimum Gasteiger partial charge on any atom is -0.481 e. The standard InChI is InChI=1S/C8H15NO5/c1-2-14-8(13)9-4-6(5-10)3-7(11)12/h6,10H,2-5H2,1H3,(H,9,13)(H,11,12). The Kier molecular flexibility index (Phi) is 6.47. The predicted molar refractivity (Wildman–Crippen MR) is 47.9 cm³/mol. The van der Waals surface area contributed by atoms with Gasteiger partial charge in [-0.3, -0.25) is 4.79 Å². The second-order valence-electron chi connectivity index (χ2n) is 2.75. The molecule has 0 aromatic heterocycles. The van der Waals surface area contributed by atoms with Crippen molar-refractivity contribution in [2.45, 2.75) is 13.3 Å². The summed E-state index contributed by atoms with van der Waals surface area (Å²) in [5.41, 5.74) is 0. The fourth-order valence-electron chi connectivity index (χ4n) is 0.858. The summed E-state index contributed by atoms with van der Waals surface area (Å²) in [7, 11) is 0. The van der Waals surface area contributed by atoms with E-state index in [2.05, 4.69) is 10.1 Å². The molecule has 0 aliphatic rings. The molecule has 0 heterocycles. The minimum absolute atomic E-state index is 0.0988. The van der Waals surface area contributed by atoms with Gasteiger partial charge in [0.15, 0.2) is 0 Å². The Bertz CT molecular complexity index is 194. The van der Waals surface area contributed by atoms with Crippen molar-refractivity contribution >= 4 is 12.1 Å². The zero-order valence-corrected chi connectivity index (χ0v) is 8.02. The summed E-state index contributed by atoms with van der Waals surface area (Å²) in [5.74, 6) is -1.48. The highest BCUT2D eigenvalue weighted by Gasteiger charge is 2.13. The third-order valence-electron chi connectivity index (χ3n) is 1.53. The fraction of sp³-hybridized carbons (Fsp3) is 0.750. The molecule has 0 saturated heterocycles.